The van der Waals surface area contributed by atoms with Crippen molar-refractivity contribution < 1.29 is 5.11 Å². The summed E-state index contributed by atoms with van der Waals surface area (Å²) in [6.45, 7) is 5.39. The summed E-state index contributed by atoms with van der Waals surface area (Å²) in [7, 11) is 0. The quantitative estimate of drug-likeness (QED) is 0.701. The van der Waals surface area contributed by atoms with Crippen LogP contribution in [0.2, 0.25) is 0 Å². The van der Waals surface area contributed by atoms with Crippen molar-refractivity contribution in [3.8, 4) is 0 Å². The fourth-order valence-electron chi connectivity index (χ4n) is 1.92. The maximum Gasteiger partial charge on any atom is 0.0580 e. The van der Waals surface area contributed by atoms with Gasteiger partial charge in [-0.2, -0.15) is 0 Å². The number of aliphatic hydroxyl groups excluding tert-OH is 1. The summed E-state index contributed by atoms with van der Waals surface area (Å²) in [5.74, 6) is 0.503. The Morgan fingerprint density at radius 2 is 2.08 bits per heavy atom. The second kappa shape index (κ2) is 5.61. The lowest BCUT2D eigenvalue weighted by atomic mass is 9.86. The molecule has 0 radical (unpaired) electrons. The smallest absolute Gasteiger partial charge is 0.0580 e. The van der Waals surface area contributed by atoms with Crippen LogP contribution in [-0.2, 0) is 0 Å². The molecule has 3 atom stereocenters. The van der Waals surface area contributed by atoms with Crippen molar-refractivity contribution in [3.63, 3.8) is 0 Å². The fraction of sp³-hybridized carbons (Fsp3) is 1.00. The van der Waals surface area contributed by atoms with Gasteiger partial charge < -0.3 is 10.4 Å². The lowest BCUT2D eigenvalue weighted by Crippen LogP contribution is -2.37. The molecule has 0 spiro atoms. The zero-order chi connectivity index (χ0) is 9.68. The standard InChI is InChI=1S/C11H23NO/c1-3-9(2)12-8-10-6-4-5-7-11(10)13/h9-13H,3-8H2,1-2H3. The molecule has 0 saturated heterocycles. The molecule has 0 bridgehead atoms. The van der Waals surface area contributed by atoms with Gasteiger partial charge in [-0.3, -0.25) is 0 Å². The zero-order valence-electron chi connectivity index (χ0n) is 8.92. The minimum atomic E-state index is -0.0506. The highest BCUT2D eigenvalue weighted by Gasteiger charge is 2.22. The average molecular weight is 185 g/mol. The zero-order valence-corrected chi connectivity index (χ0v) is 8.92. The second-order valence-electron chi connectivity index (χ2n) is 4.33. The molecule has 13 heavy (non-hydrogen) atoms. The van der Waals surface area contributed by atoms with E-state index in [4.69, 9.17) is 0 Å². The van der Waals surface area contributed by atoms with Gasteiger partial charge in [-0.15, -0.1) is 0 Å². The molecular weight excluding hydrogens is 162 g/mol. The fourth-order valence-corrected chi connectivity index (χ4v) is 1.92. The molecule has 3 unspecified atom stereocenters. The van der Waals surface area contributed by atoms with Crippen molar-refractivity contribution in [1.82, 2.24) is 5.32 Å². The van der Waals surface area contributed by atoms with Crippen LogP contribution in [0.15, 0.2) is 0 Å². The molecule has 1 fully saturated rings. The van der Waals surface area contributed by atoms with Gasteiger partial charge in [0.15, 0.2) is 0 Å². The SMILES string of the molecule is CCC(C)NCC1CCCCC1O. The van der Waals surface area contributed by atoms with Crippen LogP contribution in [0.1, 0.15) is 46.0 Å². The van der Waals surface area contributed by atoms with Crippen molar-refractivity contribution in [2.45, 2.75) is 58.1 Å². The van der Waals surface area contributed by atoms with Crippen molar-refractivity contribution in [2.24, 2.45) is 5.92 Å². The third kappa shape index (κ3) is 3.65. The molecule has 1 aliphatic rings. The minimum absolute atomic E-state index is 0.0506. The normalized spacial score (nSPS) is 31.6. The van der Waals surface area contributed by atoms with E-state index in [1.807, 2.05) is 0 Å². The Hall–Kier alpha value is -0.0800. The third-order valence-corrected chi connectivity index (χ3v) is 3.21. The molecule has 1 aliphatic carbocycles. The van der Waals surface area contributed by atoms with Gasteiger partial charge in [0, 0.05) is 12.6 Å². The molecule has 0 heterocycles. The van der Waals surface area contributed by atoms with Gasteiger partial charge >= 0.3 is 0 Å². The van der Waals surface area contributed by atoms with E-state index in [0.29, 0.717) is 12.0 Å². The van der Waals surface area contributed by atoms with E-state index in [1.165, 1.54) is 25.7 Å². The largest absolute Gasteiger partial charge is 0.393 e. The van der Waals surface area contributed by atoms with E-state index in [9.17, 15) is 5.11 Å². The summed E-state index contributed by atoms with van der Waals surface area (Å²) in [4.78, 5) is 0. The van der Waals surface area contributed by atoms with Crippen LogP contribution in [0, 0.1) is 5.92 Å². The highest BCUT2D eigenvalue weighted by Crippen LogP contribution is 2.23. The molecule has 0 aromatic carbocycles. The lowest BCUT2D eigenvalue weighted by molar-refractivity contribution is 0.0683. The van der Waals surface area contributed by atoms with E-state index >= 15 is 0 Å². The topological polar surface area (TPSA) is 32.3 Å². The summed E-state index contributed by atoms with van der Waals surface area (Å²) in [6.07, 6.45) is 5.83. The third-order valence-electron chi connectivity index (χ3n) is 3.21. The Labute approximate surface area is 81.7 Å². The van der Waals surface area contributed by atoms with Gasteiger partial charge in [0.1, 0.15) is 0 Å². The number of hydrogen-bond donors (Lipinski definition) is 2. The van der Waals surface area contributed by atoms with Crippen LogP contribution >= 0.6 is 0 Å². The Bertz CT molecular complexity index is 138. The Morgan fingerprint density at radius 1 is 1.38 bits per heavy atom. The highest BCUT2D eigenvalue weighted by atomic mass is 16.3. The number of hydrogen-bond acceptors (Lipinski definition) is 2. The Balaban J connectivity index is 2.18. The summed E-state index contributed by atoms with van der Waals surface area (Å²) < 4.78 is 0. The van der Waals surface area contributed by atoms with Gasteiger partial charge in [-0.1, -0.05) is 19.8 Å². The molecule has 0 amide bonds. The van der Waals surface area contributed by atoms with Crippen LogP contribution in [0.4, 0.5) is 0 Å². The Morgan fingerprint density at radius 3 is 2.69 bits per heavy atom. The lowest BCUT2D eigenvalue weighted by Gasteiger charge is -2.28. The molecule has 0 aromatic rings. The first-order valence-electron chi connectivity index (χ1n) is 5.65. The van der Waals surface area contributed by atoms with Crippen LogP contribution in [0.5, 0.6) is 0 Å². The maximum absolute atomic E-state index is 9.71. The molecule has 78 valence electrons. The molecule has 0 aromatic heterocycles. The van der Waals surface area contributed by atoms with E-state index in [0.717, 1.165) is 13.0 Å². The first kappa shape index (κ1) is 11.0. The molecule has 0 aliphatic heterocycles. The first-order valence-corrected chi connectivity index (χ1v) is 5.65. The monoisotopic (exact) mass is 185 g/mol. The summed E-state index contributed by atoms with van der Waals surface area (Å²) in [5.41, 5.74) is 0. The van der Waals surface area contributed by atoms with Gasteiger partial charge in [0.2, 0.25) is 0 Å². The molecule has 2 N–H and O–H groups in total. The highest BCUT2D eigenvalue weighted by molar-refractivity contribution is 4.77. The molecule has 1 rings (SSSR count). The van der Waals surface area contributed by atoms with Gasteiger partial charge in [-0.05, 0) is 32.1 Å². The van der Waals surface area contributed by atoms with Crippen LogP contribution < -0.4 is 5.32 Å². The minimum Gasteiger partial charge on any atom is -0.393 e. The predicted octanol–water partition coefficient (Wildman–Crippen LogP) is 1.93. The van der Waals surface area contributed by atoms with Gasteiger partial charge in [0.05, 0.1) is 6.10 Å². The Kier molecular flexibility index (Phi) is 4.74. The molecular formula is C11H23NO. The molecule has 2 nitrogen and oxygen atoms in total. The van der Waals surface area contributed by atoms with Gasteiger partial charge in [0.25, 0.3) is 0 Å². The van der Waals surface area contributed by atoms with Gasteiger partial charge in [-0.25, -0.2) is 0 Å². The summed E-state index contributed by atoms with van der Waals surface area (Å²) in [6, 6.07) is 0.592. The van der Waals surface area contributed by atoms with E-state index in [-0.39, 0.29) is 6.10 Å². The van der Waals surface area contributed by atoms with Crippen LogP contribution in [-0.4, -0.2) is 23.8 Å². The maximum atomic E-state index is 9.71. The van der Waals surface area contributed by atoms with Crippen LogP contribution in [0.3, 0.4) is 0 Å². The number of rotatable bonds is 4. The summed E-state index contributed by atoms with van der Waals surface area (Å²) in [5, 5.41) is 13.2. The van der Waals surface area contributed by atoms with E-state index in [1.54, 1.807) is 0 Å². The molecule has 2 heteroatoms. The number of aliphatic hydroxyl groups is 1. The predicted molar refractivity (Wildman–Crippen MR) is 55.7 cm³/mol. The van der Waals surface area contributed by atoms with E-state index in [2.05, 4.69) is 19.2 Å². The van der Waals surface area contributed by atoms with Crippen molar-refractivity contribution in [1.29, 1.82) is 0 Å². The van der Waals surface area contributed by atoms with Crippen molar-refractivity contribution in [3.05, 3.63) is 0 Å². The van der Waals surface area contributed by atoms with E-state index < -0.39 is 0 Å². The van der Waals surface area contributed by atoms with Crippen molar-refractivity contribution in [2.75, 3.05) is 6.54 Å². The first-order chi connectivity index (χ1) is 6.24. The second-order valence-corrected chi connectivity index (χ2v) is 4.33. The van der Waals surface area contributed by atoms with Crippen LogP contribution in [0.25, 0.3) is 0 Å². The molecule has 1 saturated carbocycles. The van der Waals surface area contributed by atoms with Crippen molar-refractivity contribution >= 4 is 0 Å². The summed E-state index contributed by atoms with van der Waals surface area (Å²) >= 11 is 0. The average Bonchev–Trinajstić information content (AvgIpc) is 2.16. The number of nitrogens with one attached hydrogen (secondary N) is 1.